The lowest BCUT2D eigenvalue weighted by atomic mass is 10.0. The first-order chi connectivity index (χ1) is 11.9. The third-order valence-electron chi connectivity index (χ3n) is 3.87. The van der Waals surface area contributed by atoms with Crippen molar-refractivity contribution in [3.05, 3.63) is 73.3 Å². The molecular formula is C20H16Br2O3. The van der Waals surface area contributed by atoms with Crippen molar-refractivity contribution in [3.8, 4) is 17.1 Å². The Morgan fingerprint density at radius 3 is 2.68 bits per heavy atom. The molecule has 0 fully saturated rings. The van der Waals surface area contributed by atoms with Crippen LogP contribution in [0.5, 0.6) is 5.75 Å². The second kappa shape index (κ2) is 7.18. The predicted octanol–water partition coefficient (Wildman–Crippen LogP) is 6.17. The second-order valence-electron chi connectivity index (χ2n) is 5.75. The van der Waals surface area contributed by atoms with Gasteiger partial charge in [-0.25, -0.2) is 0 Å². The zero-order valence-corrected chi connectivity index (χ0v) is 17.0. The number of aryl methyl sites for hydroxylation is 1. The first-order valence-electron chi connectivity index (χ1n) is 7.69. The molecule has 0 N–H and O–H groups in total. The summed E-state index contributed by atoms with van der Waals surface area (Å²) >= 11 is 7.01. The van der Waals surface area contributed by atoms with Crippen molar-refractivity contribution < 1.29 is 9.15 Å². The summed E-state index contributed by atoms with van der Waals surface area (Å²) in [5.74, 6) is 1.11. The molecule has 0 radical (unpaired) electrons. The van der Waals surface area contributed by atoms with E-state index in [4.69, 9.17) is 9.15 Å². The van der Waals surface area contributed by atoms with Crippen molar-refractivity contribution in [1.82, 2.24) is 0 Å². The van der Waals surface area contributed by atoms with Gasteiger partial charge in [0.1, 0.15) is 23.7 Å². The van der Waals surface area contributed by atoms with Crippen LogP contribution in [0.1, 0.15) is 11.1 Å². The third kappa shape index (κ3) is 3.44. The Kier molecular flexibility index (Phi) is 5.16. The molecule has 2 aromatic carbocycles. The summed E-state index contributed by atoms with van der Waals surface area (Å²) in [4.78, 5) is 12.8. The Hall–Kier alpha value is -1.85. The van der Waals surface area contributed by atoms with E-state index in [0.717, 1.165) is 14.5 Å². The molecule has 0 aliphatic carbocycles. The van der Waals surface area contributed by atoms with E-state index >= 15 is 0 Å². The van der Waals surface area contributed by atoms with Crippen LogP contribution in [0.15, 0.2) is 61.1 Å². The van der Waals surface area contributed by atoms with Crippen LogP contribution < -0.4 is 10.2 Å². The van der Waals surface area contributed by atoms with E-state index in [1.54, 1.807) is 13.0 Å². The van der Waals surface area contributed by atoms with Gasteiger partial charge in [0.2, 0.25) is 0 Å². The molecule has 0 saturated heterocycles. The average Bonchev–Trinajstić information content (AvgIpc) is 2.57. The molecule has 3 aromatic rings. The van der Waals surface area contributed by atoms with Crippen LogP contribution in [-0.4, -0.2) is 6.61 Å². The summed E-state index contributed by atoms with van der Waals surface area (Å²) in [6.07, 6.45) is 1.67. The van der Waals surface area contributed by atoms with Crippen LogP contribution in [0.3, 0.4) is 0 Å². The van der Waals surface area contributed by atoms with Gasteiger partial charge in [-0.05, 0) is 54.0 Å². The maximum Gasteiger partial charge on any atom is 0.196 e. The van der Waals surface area contributed by atoms with Crippen molar-refractivity contribution in [2.24, 2.45) is 0 Å². The molecular weight excluding hydrogens is 448 g/mol. The van der Waals surface area contributed by atoms with Gasteiger partial charge in [-0.3, -0.25) is 4.79 Å². The summed E-state index contributed by atoms with van der Waals surface area (Å²) in [7, 11) is 0. The molecule has 25 heavy (non-hydrogen) atoms. The van der Waals surface area contributed by atoms with E-state index in [0.29, 0.717) is 40.2 Å². The Morgan fingerprint density at radius 1 is 1.20 bits per heavy atom. The minimum absolute atomic E-state index is 0.0364. The number of hydrogen-bond donors (Lipinski definition) is 0. The predicted molar refractivity (Wildman–Crippen MR) is 108 cm³/mol. The molecule has 0 aliphatic rings. The maximum absolute atomic E-state index is 12.8. The SMILES string of the molecule is C=CCOc1c(Br)cc(Br)cc1-c1oc2ccc(C)cc2c(=O)c1C. The number of halogens is 2. The molecule has 1 heterocycles. The molecule has 0 unspecified atom stereocenters. The van der Waals surface area contributed by atoms with Gasteiger partial charge in [-0.1, -0.05) is 40.2 Å². The van der Waals surface area contributed by atoms with Gasteiger partial charge < -0.3 is 9.15 Å². The molecule has 0 aliphatic heterocycles. The van der Waals surface area contributed by atoms with Gasteiger partial charge in [0.15, 0.2) is 5.43 Å². The summed E-state index contributed by atoms with van der Waals surface area (Å²) in [6.45, 7) is 7.76. The van der Waals surface area contributed by atoms with Crippen LogP contribution in [0, 0.1) is 13.8 Å². The quantitative estimate of drug-likeness (QED) is 0.434. The molecule has 0 atom stereocenters. The van der Waals surface area contributed by atoms with Crippen LogP contribution in [0.25, 0.3) is 22.3 Å². The zero-order valence-electron chi connectivity index (χ0n) is 13.9. The van der Waals surface area contributed by atoms with E-state index in [1.807, 2.05) is 37.3 Å². The van der Waals surface area contributed by atoms with Gasteiger partial charge in [0.05, 0.1) is 15.4 Å². The van der Waals surface area contributed by atoms with E-state index < -0.39 is 0 Å². The molecule has 3 nitrogen and oxygen atoms in total. The fourth-order valence-electron chi connectivity index (χ4n) is 2.68. The molecule has 128 valence electrons. The standard InChI is InChI=1S/C20H16Br2O3/c1-4-7-24-20-15(9-13(21)10-16(20)22)19-12(3)18(23)14-8-11(2)5-6-17(14)25-19/h4-6,8-10H,1,7H2,2-3H3. The molecule has 0 spiro atoms. The van der Waals surface area contributed by atoms with Crippen molar-refractivity contribution in [1.29, 1.82) is 0 Å². The minimum atomic E-state index is -0.0364. The second-order valence-corrected chi connectivity index (χ2v) is 7.52. The highest BCUT2D eigenvalue weighted by molar-refractivity contribution is 9.11. The zero-order chi connectivity index (χ0) is 18.1. The summed E-state index contributed by atoms with van der Waals surface area (Å²) in [5.41, 5.74) is 2.80. The molecule has 0 saturated carbocycles. The molecule has 3 rings (SSSR count). The average molecular weight is 464 g/mol. The smallest absolute Gasteiger partial charge is 0.196 e. The largest absolute Gasteiger partial charge is 0.488 e. The van der Waals surface area contributed by atoms with E-state index in [9.17, 15) is 4.79 Å². The minimum Gasteiger partial charge on any atom is -0.488 e. The summed E-state index contributed by atoms with van der Waals surface area (Å²) in [6, 6.07) is 9.38. The van der Waals surface area contributed by atoms with Crippen molar-refractivity contribution in [2.75, 3.05) is 6.61 Å². The third-order valence-corrected chi connectivity index (χ3v) is 4.92. The Labute approximate surface area is 162 Å². The topological polar surface area (TPSA) is 39.4 Å². The van der Waals surface area contributed by atoms with E-state index in [1.165, 1.54) is 0 Å². The molecule has 1 aromatic heterocycles. The molecule has 0 bridgehead atoms. The van der Waals surface area contributed by atoms with Crippen LogP contribution >= 0.6 is 31.9 Å². The molecule has 0 amide bonds. The van der Waals surface area contributed by atoms with E-state index in [-0.39, 0.29) is 5.43 Å². The van der Waals surface area contributed by atoms with Gasteiger partial charge in [-0.2, -0.15) is 0 Å². The van der Waals surface area contributed by atoms with Crippen molar-refractivity contribution in [2.45, 2.75) is 13.8 Å². The van der Waals surface area contributed by atoms with Gasteiger partial charge >= 0.3 is 0 Å². The fraction of sp³-hybridized carbons (Fsp3) is 0.150. The lowest BCUT2D eigenvalue weighted by molar-refractivity contribution is 0.361. The van der Waals surface area contributed by atoms with Gasteiger partial charge in [0, 0.05) is 10.0 Å². The van der Waals surface area contributed by atoms with Crippen molar-refractivity contribution >= 4 is 42.8 Å². The van der Waals surface area contributed by atoms with E-state index in [2.05, 4.69) is 38.4 Å². The first-order valence-corrected chi connectivity index (χ1v) is 9.28. The summed E-state index contributed by atoms with van der Waals surface area (Å²) in [5, 5.41) is 0.587. The lowest BCUT2D eigenvalue weighted by Crippen LogP contribution is -2.08. The number of hydrogen-bond acceptors (Lipinski definition) is 3. The van der Waals surface area contributed by atoms with Gasteiger partial charge in [-0.15, -0.1) is 0 Å². The van der Waals surface area contributed by atoms with Crippen LogP contribution in [-0.2, 0) is 0 Å². The number of ether oxygens (including phenoxy) is 1. The van der Waals surface area contributed by atoms with Crippen LogP contribution in [0.2, 0.25) is 0 Å². The number of benzene rings is 2. The maximum atomic E-state index is 12.8. The highest BCUT2D eigenvalue weighted by atomic mass is 79.9. The fourth-order valence-corrected chi connectivity index (χ4v) is 4.02. The Bertz CT molecular complexity index is 1040. The number of rotatable bonds is 4. The van der Waals surface area contributed by atoms with Crippen LogP contribution in [0.4, 0.5) is 0 Å². The Morgan fingerprint density at radius 2 is 1.96 bits per heavy atom. The highest BCUT2D eigenvalue weighted by Gasteiger charge is 2.19. The normalized spacial score (nSPS) is 10.9. The lowest BCUT2D eigenvalue weighted by Gasteiger charge is -2.14. The number of fused-ring (bicyclic) bond motifs is 1. The molecule has 5 heteroatoms. The monoisotopic (exact) mass is 462 g/mol. The van der Waals surface area contributed by atoms with Crippen molar-refractivity contribution in [3.63, 3.8) is 0 Å². The summed E-state index contributed by atoms with van der Waals surface area (Å²) < 4.78 is 13.5. The highest BCUT2D eigenvalue weighted by Crippen LogP contribution is 2.40. The first kappa shape index (κ1) is 18.0. The Balaban J connectivity index is 2.33. The van der Waals surface area contributed by atoms with Gasteiger partial charge in [0.25, 0.3) is 0 Å².